The summed E-state index contributed by atoms with van der Waals surface area (Å²) in [5, 5.41) is 2.93. The fourth-order valence-electron chi connectivity index (χ4n) is 3.56. The molecule has 9 heteroatoms. The normalized spacial score (nSPS) is 19.5. The lowest BCUT2D eigenvalue weighted by Gasteiger charge is -2.14. The van der Waals surface area contributed by atoms with Crippen LogP contribution < -0.4 is 10.1 Å². The Morgan fingerprint density at radius 2 is 2.07 bits per heavy atom. The van der Waals surface area contributed by atoms with Crippen LogP contribution in [0.25, 0.3) is 11.0 Å². The Balaban J connectivity index is 1.35. The van der Waals surface area contributed by atoms with Crippen LogP contribution in [0.3, 0.4) is 0 Å². The topological polar surface area (TPSA) is 69.0 Å². The van der Waals surface area contributed by atoms with E-state index in [2.05, 4.69) is 20.0 Å². The number of aryl methyl sites for hydroxylation is 1. The Morgan fingerprint density at radius 1 is 1.30 bits per heavy atom. The summed E-state index contributed by atoms with van der Waals surface area (Å²) in [7, 11) is 1.95. The Kier molecular flexibility index (Phi) is 5.13. The molecule has 2 heterocycles. The third-order valence-corrected chi connectivity index (χ3v) is 5.24. The monoisotopic (exact) mass is 418 g/mol. The molecule has 0 aliphatic heterocycles. The van der Waals surface area contributed by atoms with Crippen LogP contribution in [0.1, 0.15) is 36.8 Å². The lowest BCUT2D eigenvalue weighted by Crippen LogP contribution is -2.29. The molecule has 1 amide bonds. The van der Waals surface area contributed by atoms with Gasteiger partial charge in [-0.3, -0.25) is 9.78 Å². The summed E-state index contributed by atoms with van der Waals surface area (Å²) in [4.78, 5) is 21.4. The van der Waals surface area contributed by atoms with E-state index < -0.39 is 12.8 Å². The summed E-state index contributed by atoms with van der Waals surface area (Å²) in [6.07, 6.45) is -2.45. The molecule has 1 aromatic carbocycles. The highest BCUT2D eigenvalue weighted by Crippen LogP contribution is 2.47. The fraction of sp³-hybridized carbons (Fsp3) is 0.381. The van der Waals surface area contributed by atoms with Crippen LogP contribution in [0, 0.1) is 5.92 Å². The molecule has 30 heavy (non-hydrogen) atoms. The number of hydrogen-bond acceptors (Lipinski definition) is 4. The van der Waals surface area contributed by atoms with Crippen molar-refractivity contribution >= 4 is 16.9 Å². The number of fused-ring (bicyclic) bond motifs is 1. The number of benzene rings is 1. The average molecular weight is 418 g/mol. The van der Waals surface area contributed by atoms with E-state index in [-0.39, 0.29) is 29.5 Å². The number of amides is 1. The molecule has 4 rings (SSSR count). The van der Waals surface area contributed by atoms with E-state index in [1.54, 1.807) is 13.0 Å². The van der Waals surface area contributed by atoms with E-state index >= 15 is 0 Å². The van der Waals surface area contributed by atoms with E-state index in [4.69, 9.17) is 0 Å². The zero-order valence-electron chi connectivity index (χ0n) is 16.5. The molecule has 2 aromatic heterocycles. The van der Waals surface area contributed by atoms with Gasteiger partial charge < -0.3 is 14.6 Å². The highest BCUT2D eigenvalue weighted by molar-refractivity contribution is 5.83. The minimum atomic E-state index is -4.40. The molecule has 3 aromatic rings. The number of alkyl halides is 3. The summed E-state index contributed by atoms with van der Waals surface area (Å²) >= 11 is 0. The van der Waals surface area contributed by atoms with Crippen molar-refractivity contribution in [2.24, 2.45) is 13.0 Å². The predicted molar refractivity (Wildman–Crippen MR) is 104 cm³/mol. The summed E-state index contributed by atoms with van der Waals surface area (Å²) in [6.45, 7) is 0.411. The molecule has 0 saturated heterocycles. The second kappa shape index (κ2) is 7.62. The Morgan fingerprint density at radius 3 is 2.73 bits per heavy atom. The lowest BCUT2D eigenvalue weighted by atomic mass is 10.2. The van der Waals surface area contributed by atoms with Gasteiger partial charge in [-0.05, 0) is 37.6 Å². The number of rotatable bonds is 6. The van der Waals surface area contributed by atoms with E-state index in [1.807, 2.05) is 35.9 Å². The van der Waals surface area contributed by atoms with Crippen LogP contribution >= 0.6 is 0 Å². The van der Waals surface area contributed by atoms with Crippen LogP contribution in [0.5, 0.6) is 5.75 Å². The quantitative estimate of drug-likeness (QED) is 0.660. The molecule has 1 saturated carbocycles. The van der Waals surface area contributed by atoms with Gasteiger partial charge in [-0.25, -0.2) is 4.98 Å². The molecule has 6 nitrogen and oxygen atoms in total. The van der Waals surface area contributed by atoms with Gasteiger partial charge in [-0.1, -0.05) is 12.1 Å². The second-order valence-corrected chi connectivity index (χ2v) is 7.52. The van der Waals surface area contributed by atoms with Crippen molar-refractivity contribution in [2.45, 2.75) is 31.5 Å². The number of pyridine rings is 1. The number of aromatic nitrogens is 3. The zero-order valence-corrected chi connectivity index (χ0v) is 16.5. The number of nitrogens with one attached hydrogen (secondary N) is 1. The molecule has 0 radical (unpaired) electrons. The van der Waals surface area contributed by atoms with E-state index in [0.29, 0.717) is 5.69 Å². The molecule has 3 atom stereocenters. The summed E-state index contributed by atoms with van der Waals surface area (Å²) in [6, 6.07) is 10.4. The van der Waals surface area contributed by atoms with Crippen LogP contribution in [0.4, 0.5) is 13.2 Å². The van der Waals surface area contributed by atoms with Crippen molar-refractivity contribution in [1.82, 2.24) is 19.9 Å². The molecule has 0 unspecified atom stereocenters. The van der Waals surface area contributed by atoms with E-state index in [1.165, 1.54) is 12.3 Å². The number of hydrogen-bond donors (Lipinski definition) is 1. The van der Waals surface area contributed by atoms with Gasteiger partial charge in [-0.15, -0.1) is 0 Å². The third kappa shape index (κ3) is 4.24. The lowest BCUT2D eigenvalue weighted by molar-refractivity contribution is -0.153. The number of imidazole rings is 1. The van der Waals surface area contributed by atoms with Crippen molar-refractivity contribution in [3.05, 3.63) is 54.1 Å². The second-order valence-electron chi connectivity index (χ2n) is 7.52. The number of ether oxygens (including phenoxy) is 1. The maximum atomic E-state index is 12.7. The van der Waals surface area contributed by atoms with Gasteiger partial charge in [0, 0.05) is 18.9 Å². The summed E-state index contributed by atoms with van der Waals surface area (Å²) < 4.78 is 43.3. The van der Waals surface area contributed by atoms with Gasteiger partial charge in [0.1, 0.15) is 11.6 Å². The molecule has 158 valence electrons. The van der Waals surface area contributed by atoms with Crippen molar-refractivity contribution in [1.29, 1.82) is 0 Å². The van der Waals surface area contributed by atoms with Gasteiger partial charge in [0.2, 0.25) is 5.91 Å². The highest BCUT2D eigenvalue weighted by Gasteiger charge is 2.47. The minimum Gasteiger partial charge on any atom is -0.483 e. The Labute approximate surface area is 171 Å². The smallest absolute Gasteiger partial charge is 0.422 e. The first-order valence-corrected chi connectivity index (χ1v) is 9.60. The molecule has 1 aliphatic rings. The zero-order chi connectivity index (χ0) is 21.5. The van der Waals surface area contributed by atoms with Gasteiger partial charge in [0.15, 0.2) is 6.61 Å². The van der Waals surface area contributed by atoms with Crippen LogP contribution in [-0.2, 0) is 11.8 Å². The molecule has 1 N–H and O–H groups in total. The SMILES string of the molecule is C[C@@H](NC(=O)[C@@H]1C[C@H]1c1nc2ccccc2n1C)c1ccc(OCC(F)(F)F)cn1. The van der Waals surface area contributed by atoms with Gasteiger partial charge >= 0.3 is 6.18 Å². The molecule has 0 bridgehead atoms. The van der Waals surface area contributed by atoms with Crippen molar-refractivity contribution in [3.8, 4) is 5.75 Å². The Hall–Kier alpha value is -3.10. The highest BCUT2D eigenvalue weighted by atomic mass is 19.4. The number of para-hydroxylation sites is 2. The summed E-state index contributed by atoms with van der Waals surface area (Å²) in [5.41, 5.74) is 2.48. The summed E-state index contributed by atoms with van der Waals surface area (Å²) in [5.74, 6) is 0.754. The van der Waals surface area contributed by atoms with E-state index in [0.717, 1.165) is 23.3 Å². The first-order valence-electron chi connectivity index (χ1n) is 9.60. The number of halogens is 3. The van der Waals surface area contributed by atoms with Crippen molar-refractivity contribution in [3.63, 3.8) is 0 Å². The maximum absolute atomic E-state index is 12.7. The first kappa shape index (κ1) is 20.2. The van der Waals surface area contributed by atoms with Crippen LogP contribution in [-0.4, -0.2) is 33.2 Å². The Bertz CT molecular complexity index is 1060. The van der Waals surface area contributed by atoms with Crippen molar-refractivity contribution < 1.29 is 22.7 Å². The van der Waals surface area contributed by atoms with E-state index in [9.17, 15) is 18.0 Å². The minimum absolute atomic E-state index is 0.0266. The number of carbonyl (C=O) groups is 1. The van der Waals surface area contributed by atoms with Gasteiger partial charge in [0.25, 0.3) is 0 Å². The predicted octanol–water partition coefficient (Wildman–Crippen LogP) is 3.89. The van der Waals surface area contributed by atoms with Crippen LogP contribution in [0.15, 0.2) is 42.6 Å². The molecular weight excluding hydrogens is 397 g/mol. The standard InChI is InChI=1S/C21H21F3N4O2/c1-12(16-8-7-13(10-25-16)30-11-21(22,23)24)26-20(29)15-9-14(15)19-27-17-5-3-4-6-18(17)28(19)2/h3-8,10,12,14-15H,9,11H2,1-2H3,(H,26,29)/t12-,14-,15-/m1/s1. The molecular formula is C21H21F3N4O2. The molecule has 1 aliphatic carbocycles. The fourth-order valence-corrected chi connectivity index (χ4v) is 3.56. The van der Waals surface area contributed by atoms with Crippen LogP contribution in [0.2, 0.25) is 0 Å². The maximum Gasteiger partial charge on any atom is 0.422 e. The molecule has 0 spiro atoms. The van der Waals surface area contributed by atoms with Gasteiger partial charge in [-0.2, -0.15) is 13.2 Å². The first-order chi connectivity index (χ1) is 14.2. The average Bonchev–Trinajstić information content (AvgIpc) is 3.44. The largest absolute Gasteiger partial charge is 0.483 e. The number of carbonyl (C=O) groups excluding carboxylic acids is 1. The number of nitrogens with zero attached hydrogens (tertiary/aromatic N) is 3. The van der Waals surface area contributed by atoms with Gasteiger partial charge in [0.05, 0.1) is 29.0 Å². The third-order valence-electron chi connectivity index (χ3n) is 5.24. The van der Waals surface area contributed by atoms with Crippen molar-refractivity contribution in [2.75, 3.05) is 6.61 Å². The molecule has 1 fully saturated rings.